The largest absolute Gasteiger partial charge is 0.472 e. The van der Waals surface area contributed by atoms with Crippen LogP contribution in [0.2, 0.25) is 0 Å². The number of aromatic nitrogens is 5. The molecule has 11 aromatic rings. The van der Waals surface area contributed by atoms with E-state index < -0.39 is 66.2 Å². The van der Waals surface area contributed by atoms with Crippen molar-refractivity contribution in [1.82, 2.24) is 18.7 Å². The Kier molecular flexibility index (Phi) is 6.93. The van der Waals surface area contributed by atoms with Gasteiger partial charge in [0.15, 0.2) is 0 Å². The van der Waals surface area contributed by atoms with Gasteiger partial charge in [0.2, 0.25) is 0 Å². The Hall–Kier alpha value is -7.08. The summed E-state index contributed by atoms with van der Waals surface area (Å²) < 4.78 is 99.6. The maximum atomic E-state index is 14.0. The minimum Gasteiger partial charge on any atom is -0.472 e. The summed E-state index contributed by atoms with van der Waals surface area (Å²) in [4.78, 5) is 18.8. The molecule has 4 aromatic heterocycles. The van der Waals surface area contributed by atoms with Crippen molar-refractivity contribution in [2.75, 3.05) is 0 Å². The van der Waals surface area contributed by atoms with Gasteiger partial charge in [-0.3, -0.25) is 9.13 Å². The van der Waals surface area contributed by atoms with Crippen molar-refractivity contribution in [3.8, 4) is 45.1 Å². The second-order valence-corrected chi connectivity index (χ2v) is 15.3. The number of hydrogen-bond donors (Lipinski definition) is 0. The molecule has 4 heterocycles. The van der Waals surface area contributed by atoms with E-state index in [-0.39, 0.29) is 54.4 Å². The van der Waals surface area contributed by atoms with Gasteiger partial charge >= 0.3 is 5.76 Å². The molecule has 0 saturated carbocycles. The molecule has 7 aromatic carbocycles. The van der Waals surface area contributed by atoms with Crippen molar-refractivity contribution in [3.63, 3.8) is 0 Å². The topological polar surface area (TPSA) is 61.8 Å². The van der Waals surface area contributed by atoms with Gasteiger partial charge in [0.1, 0.15) is 5.82 Å². The van der Waals surface area contributed by atoms with E-state index >= 15 is 0 Å². The van der Waals surface area contributed by atoms with Crippen molar-refractivity contribution in [2.45, 2.75) is 26.2 Å². The SMILES string of the molecule is [2H]c1c([2H])c([2H])c(-c2cccc(-c3c([2H])c([2H])c([2H])c([2H])c3[2H])c2-[n+]2[c-]n(-c3[c-]c(-n4c(=O)oc5cc6c7ccccc7n(-c7cc(C(C)(C)C)ccn7)c6[c-]c54)ccc3)c3ccccc32)c([2H])c1[2H].[Pt]. The first-order valence-electron chi connectivity index (χ1n) is 24.2. The predicted molar refractivity (Wildman–Crippen MR) is 238 cm³/mol. The Balaban J connectivity index is 0.00000582. The Labute approximate surface area is 380 Å². The summed E-state index contributed by atoms with van der Waals surface area (Å²) >= 11 is 0. The molecule has 0 N–H and O–H groups in total. The Morgan fingerprint density at radius 2 is 1.33 bits per heavy atom. The molecule has 298 valence electrons. The Morgan fingerprint density at radius 3 is 2.05 bits per heavy atom. The summed E-state index contributed by atoms with van der Waals surface area (Å²) in [5.41, 5.74) is 4.91. The molecule has 0 aliphatic carbocycles. The minimum atomic E-state index is -0.678. The summed E-state index contributed by atoms with van der Waals surface area (Å²) in [6.07, 6.45) is 5.16. The van der Waals surface area contributed by atoms with Gasteiger partial charge in [-0.15, -0.1) is 18.2 Å². The maximum Gasteiger partial charge on any atom is 0.408 e. The van der Waals surface area contributed by atoms with Gasteiger partial charge < -0.3 is 13.6 Å². The van der Waals surface area contributed by atoms with Crippen molar-refractivity contribution < 1.29 is 43.8 Å². The van der Waals surface area contributed by atoms with Crippen LogP contribution in [0.4, 0.5) is 0 Å². The van der Waals surface area contributed by atoms with Crippen LogP contribution in [-0.4, -0.2) is 18.7 Å². The molecule has 0 atom stereocenters. The smallest absolute Gasteiger partial charge is 0.408 e. The van der Waals surface area contributed by atoms with Crippen LogP contribution >= 0.6 is 0 Å². The van der Waals surface area contributed by atoms with E-state index in [0.29, 0.717) is 44.8 Å². The maximum absolute atomic E-state index is 14.0. The molecular weight excluding hydrogens is 934 g/mol. The molecule has 8 heteroatoms. The summed E-state index contributed by atoms with van der Waals surface area (Å²) in [6.45, 7) is 6.42. The summed E-state index contributed by atoms with van der Waals surface area (Å²) in [5, 5.41) is 1.74. The van der Waals surface area contributed by atoms with Crippen LogP contribution in [0.25, 0.3) is 89.1 Å². The van der Waals surface area contributed by atoms with E-state index in [9.17, 15) is 4.79 Å². The van der Waals surface area contributed by atoms with Gasteiger partial charge in [-0.1, -0.05) is 158 Å². The molecule has 61 heavy (non-hydrogen) atoms. The molecular formula is C53H37N5O2Pt-2. The molecule has 0 aliphatic heterocycles. The number of imidazole rings is 1. The van der Waals surface area contributed by atoms with Crippen LogP contribution in [0.1, 0.15) is 40.0 Å². The zero-order chi connectivity index (χ0) is 49.2. The second-order valence-electron chi connectivity index (χ2n) is 15.3. The van der Waals surface area contributed by atoms with Crippen LogP contribution < -0.4 is 10.3 Å². The van der Waals surface area contributed by atoms with E-state index in [1.165, 1.54) is 4.57 Å². The van der Waals surface area contributed by atoms with Crippen LogP contribution in [0.5, 0.6) is 0 Å². The fourth-order valence-corrected chi connectivity index (χ4v) is 7.91. The fourth-order valence-electron chi connectivity index (χ4n) is 7.91. The first kappa shape index (κ1) is 28.4. The average Bonchev–Trinajstić information content (AvgIpc) is 4.01. The number of hydrogen-bond acceptors (Lipinski definition) is 3. The van der Waals surface area contributed by atoms with E-state index in [1.54, 1.807) is 69.9 Å². The number of nitrogens with zero attached hydrogens (tertiary/aromatic N) is 5. The Bertz CT molecular complexity index is 3970. The molecule has 0 fully saturated rings. The molecule has 0 spiro atoms. The normalized spacial score (nSPS) is 14.1. The van der Waals surface area contributed by atoms with Gasteiger partial charge in [-0.05, 0) is 68.0 Å². The fraction of sp³-hybridized carbons (Fsp3) is 0.0755. The van der Waals surface area contributed by atoms with Gasteiger partial charge in [-0.2, -0.15) is 18.2 Å². The van der Waals surface area contributed by atoms with Crippen LogP contribution in [-0.2, 0) is 26.5 Å². The van der Waals surface area contributed by atoms with Crippen molar-refractivity contribution in [2.24, 2.45) is 0 Å². The minimum absolute atomic E-state index is 0. The number of pyridine rings is 1. The van der Waals surface area contributed by atoms with E-state index in [4.69, 9.17) is 23.1 Å². The molecule has 0 aliphatic rings. The monoisotopic (exact) mass is 980 g/mol. The van der Waals surface area contributed by atoms with Crippen LogP contribution in [0, 0.1) is 18.5 Å². The first-order chi connectivity index (χ1) is 33.5. The van der Waals surface area contributed by atoms with Crippen molar-refractivity contribution in [3.05, 3.63) is 204 Å². The van der Waals surface area contributed by atoms with Crippen LogP contribution in [0.3, 0.4) is 0 Å². The van der Waals surface area contributed by atoms with Gasteiger partial charge in [0, 0.05) is 38.4 Å². The number of oxazole rings is 1. The number of para-hydroxylation sites is 4. The van der Waals surface area contributed by atoms with Gasteiger partial charge in [0.05, 0.1) is 30.4 Å². The molecule has 7 nitrogen and oxygen atoms in total. The zero-order valence-electron chi connectivity index (χ0n) is 42.8. The third kappa shape index (κ3) is 6.36. The average molecular weight is 981 g/mol. The van der Waals surface area contributed by atoms with Crippen molar-refractivity contribution in [1.29, 1.82) is 0 Å². The number of fused-ring (bicyclic) bond motifs is 5. The summed E-state index contributed by atoms with van der Waals surface area (Å²) in [7, 11) is 0. The number of benzene rings is 7. The molecule has 0 unspecified atom stereocenters. The predicted octanol–water partition coefficient (Wildman–Crippen LogP) is 11.3. The molecule has 0 bridgehead atoms. The molecule has 11 rings (SSSR count). The molecule has 0 amide bonds. The Morgan fingerprint density at radius 1 is 0.672 bits per heavy atom. The molecule has 0 saturated heterocycles. The number of rotatable bonds is 6. The van der Waals surface area contributed by atoms with E-state index in [1.807, 2.05) is 47.0 Å². The standard InChI is InChI=1S/C53H37N5O2.Pt/c1-53(2,3)37-28-29-54-50(30-37)58-44-25-11-10-22-42(44)43-32-49-48(33-47(43)58)57(52(59)60-49)39-21-14-20-38(31-39)55-34-56(46-27-13-12-26-45(46)55)51-40(35-16-6-4-7-17-35)23-15-24-41(51)36-18-8-5-9-19-36;/h4-30,32H,1-3H3;/q-2;/i4D,5D,6D,7D,8D,9D,16D,17D,18D,19D;. The second kappa shape index (κ2) is 14.9. The van der Waals surface area contributed by atoms with Crippen LogP contribution in [0.15, 0.2) is 179 Å². The third-order valence-corrected chi connectivity index (χ3v) is 10.7. The van der Waals surface area contributed by atoms with Crippen molar-refractivity contribution >= 4 is 43.9 Å². The molecule has 0 radical (unpaired) electrons. The quantitative estimate of drug-likeness (QED) is 0.123. The first-order valence-corrected chi connectivity index (χ1v) is 19.2. The summed E-state index contributed by atoms with van der Waals surface area (Å²) in [5.74, 6) is 0.00890. The third-order valence-electron chi connectivity index (χ3n) is 10.7. The van der Waals surface area contributed by atoms with Gasteiger partial charge in [0.25, 0.3) is 6.33 Å². The zero-order valence-corrected chi connectivity index (χ0v) is 35.0. The van der Waals surface area contributed by atoms with E-state index in [2.05, 4.69) is 45.3 Å². The van der Waals surface area contributed by atoms with E-state index in [0.717, 1.165) is 21.9 Å². The van der Waals surface area contributed by atoms with Gasteiger partial charge in [-0.25, -0.2) is 9.78 Å². The summed E-state index contributed by atoms with van der Waals surface area (Å²) in [6, 6.07) is 32.3.